The second-order valence-electron chi connectivity index (χ2n) is 4.35. The lowest BCUT2D eigenvalue weighted by atomic mass is 10.1. The molecule has 0 atom stereocenters. The van der Waals surface area contributed by atoms with Crippen LogP contribution in [0.2, 0.25) is 0 Å². The van der Waals surface area contributed by atoms with E-state index < -0.39 is 10.0 Å². The SMILES string of the molecule is Cc1ccc(NS(=O)(=O)c2[nH]ncc2CN)c(C)c1. The van der Waals surface area contributed by atoms with E-state index >= 15 is 0 Å². The molecule has 0 aliphatic carbocycles. The number of aromatic amines is 1. The van der Waals surface area contributed by atoms with Crippen LogP contribution in [0, 0.1) is 13.8 Å². The monoisotopic (exact) mass is 280 g/mol. The fourth-order valence-corrected chi connectivity index (χ4v) is 3.08. The van der Waals surface area contributed by atoms with Crippen LogP contribution in [0.1, 0.15) is 16.7 Å². The summed E-state index contributed by atoms with van der Waals surface area (Å²) >= 11 is 0. The van der Waals surface area contributed by atoms with Gasteiger partial charge in [-0.05, 0) is 25.5 Å². The zero-order chi connectivity index (χ0) is 14.0. The molecule has 19 heavy (non-hydrogen) atoms. The van der Waals surface area contributed by atoms with Crippen molar-refractivity contribution in [2.24, 2.45) is 5.73 Å². The Balaban J connectivity index is 2.37. The highest BCUT2D eigenvalue weighted by Crippen LogP contribution is 2.21. The van der Waals surface area contributed by atoms with Crippen molar-refractivity contribution in [1.29, 1.82) is 0 Å². The van der Waals surface area contributed by atoms with Crippen LogP contribution < -0.4 is 10.5 Å². The average Bonchev–Trinajstić information content (AvgIpc) is 2.82. The number of H-pyrrole nitrogens is 1. The molecule has 0 fully saturated rings. The van der Waals surface area contributed by atoms with E-state index in [0.717, 1.165) is 11.1 Å². The zero-order valence-electron chi connectivity index (χ0n) is 10.8. The van der Waals surface area contributed by atoms with Gasteiger partial charge in [-0.15, -0.1) is 0 Å². The van der Waals surface area contributed by atoms with Gasteiger partial charge in [-0.1, -0.05) is 17.7 Å². The molecule has 0 radical (unpaired) electrons. The van der Waals surface area contributed by atoms with Crippen molar-refractivity contribution in [3.63, 3.8) is 0 Å². The number of benzene rings is 1. The van der Waals surface area contributed by atoms with Crippen molar-refractivity contribution in [2.75, 3.05) is 4.72 Å². The van der Waals surface area contributed by atoms with E-state index in [1.165, 1.54) is 6.20 Å². The van der Waals surface area contributed by atoms with Crippen LogP contribution in [0.25, 0.3) is 0 Å². The molecular weight excluding hydrogens is 264 g/mol. The molecular formula is C12H16N4O2S. The van der Waals surface area contributed by atoms with Crippen molar-refractivity contribution < 1.29 is 8.42 Å². The second-order valence-corrected chi connectivity index (χ2v) is 5.97. The van der Waals surface area contributed by atoms with Crippen LogP contribution in [0.4, 0.5) is 5.69 Å². The summed E-state index contributed by atoms with van der Waals surface area (Å²) in [4.78, 5) is 0. The molecule has 2 rings (SSSR count). The van der Waals surface area contributed by atoms with Crippen LogP contribution in [-0.4, -0.2) is 18.6 Å². The summed E-state index contributed by atoms with van der Waals surface area (Å²) in [6.07, 6.45) is 1.41. The van der Waals surface area contributed by atoms with Gasteiger partial charge >= 0.3 is 0 Å². The van der Waals surface area contributed by atoms with E-state index in [1.807, 2.05) is 26.0 Å². The van der Waals surface area contributed by atoms with Crippen molar-refractivity contribution in [2.45, 2.75) is 25.4 Å². The highest BCUT2D eigenvalue weighted by molar-refractivity contribution is 7.92. The number of hydrogen-bond donors (Lipinski definition) is 3. The summed E-state index contributed by atoms with van der Waals surface area (Å²) in [6, 6.07) is 5.50. The van der Waals surface area contributed by atoms with Gasteiger partial charge in [0.2, 0.25) is 0 Å². The minimum absolute atomic E-state index is 0.00924. The van der Waals surface area contributed by atoms with Crippen molar-refractivity contribution in [1.82, 2.24) is 10.2 Å². The number of anilines is 1. The molecule has 0 aliphatic heterocycles. The van der Waals surface area contributed by atoms with Gasteiger partial charge in [-0.2, -0.15) is 13.5 Å². The van der Waals surface area contributed by atoms with E-state index in [9.17, 15) is 8.42 Å². The molecule has 2 aromatic rings. The van der Waals surface area contributed by atoms with Gasteiger partial charge in [0.15, 0.2) is 5.03 Å². The Morgan fingerprint density at radius 1 is 1.37 bits per heavy atom. The van der Waals surface area contributed by atoms with E-state index in [-0.39, 0.29) is 11.6 Å². The number of nitrogens with one attached hydrogen (secondary N) is 2. The maximum atomic E-state index is 12.2. The van der Waals surface area contributed by atoms with Gasteiger partial charge in [0, 0.05) is 12.1 Å². The van der Waals surface area contributed by atoms with Gasteiger partial charge in [0.05, 0.1) is 11.9 Å². The molecule has 0 saturated carbocycles. The van der Waals surface area contributed by atoms with Gasteiger partial charge in [-0.25, -0.2) is 0 Å². The van der Waals surface area contributed by atoms with Crippen LogP contribution in [-0.2, 0) is 16.6 Å². The Morgan fingerprint density at radius 2 is 2.11 bits per heavy atom. The summed E-state index contributed by atoms with van der Waals surface area (Å²) in [6.45, 7) is 3.91. The molecule has 0 aliphatic rings. The number of rotatable bonds is 4. The number of hydrogen-bond acceptors (Lipinski definition) is 4. The fraction of sp³-hybridized carbons (Fsp3) is 0.250. The third-order valence-corrected chi connectivity index (χ3v) is 4.17. The first kappa shape index (κ1) is 13.6. The second kappa shape index (κ2) is 5.02. The Hall–Kier alpha value is -1.86. The van der Waals surface area contributed by atoms with Crippen LogP contribution in [0.15, 0.2) is 29.4 Å². The number of sulfonamides is 1. The number of nitrogens with two attached hydrogens (primary N) is 1. The molecule has 102 valence electrons. The topological polar surface area (TPSA) is 101 Å². The normalized spacial score (nSPS) is 11.5. The first-order valence-corrected chi connectivity index (χ1v) is 7.25. The van der Waals surface area contributed by atoms with Gasteiger partial charge in [0.1, 0.15) is 0 Å². The highest BCUT2D eigenvalue weighted by atomic mass is 32.2. The van der Waals surface area contributed by atoms with E-state index in [0.29, 0.717) is 11.3 Å². The average molecular weight is 280 g/mol. The van der Waals surface area contributed by atoms with E-state index in [4.69, 9.17) is 5.73 Å². The molecule has 6 nitrogen and oxygen atoms in total. The number of aryl methyl sites for hydroxylation is 2. The minimum atomic E-state index is -3.70. The Kier molecular flexibility index (Phi) is 3.59. The summed E-state index contributed by atoms with van der Waals surface area (Å²) in [5, 5.41) is 6.19. The molecule has 0 unspecified atom stereocenters. The highest BCUT2D eigenvalue weighted by Gasteiger charge is 2.20. The Bertz CT molecular complexity index is 692. The Labute approximate surface area is 112 Å². The van der Waals surface area contributed by atoms with E-state index in [1.54, 1.807) is 6.07 Å². The first-order chi connectivity index (χ1) is 8.94. The van der Waals surface area contributed by atoms with Gasteiger partial charge in [0.25, 0.3) is 10.0 Å². The quantitative estimate of drug-likeness (QED) is 0.785. The summed E-state index contributed by atoms with van der Waals surface area (Å²) < 4.78 is 27.0. The predicted octanol–water partition coefficient (Wildman–Crippen LogP) is 1.29. The van der Waals surface area contributed by atoms with E-state index in [2.05, 4.69) is 14.9 Å². The maximum absolute atomic E-state index is 12.2. The predicted molar refractivity (Wildman–Crippen MR) is 73.2 cm³/mol. The fourth-order valence-electron chi connectivity index (χ4n) is 1.80. The maximum Gasteiger partial charge on any atom is 0.279 e. The first-order valence-electron chi connectivity index (χ1n) is 5.76. The molecule has 1 aromatic heterocycles. The largest absolute Gasteiger partial charge is 0.326 e. The molecule has 0 amide bonds. The zero-order valence-corrected chi connectivity index (χ0v) is 11.6. The molecule has 7 heteroatoms. The summed E-state index contributed by atoms with van der Waals surface area (Å²) in [7, 11) is -3.70. The third kappa shape index (κ3) is 2.77. The smallest absolute Gasteiger partial charge is 0.279 e. The van der Waals surface area contributed by atoms with Gasteiger partial charge < -0.3 is 5.73 Å². The van der Waals surface area contributed by atoms with Crippen molar-refractivity contribution in [3.05, 3.63) is 41.1 Å². The molecule has 1 aromatic carbocycles. The summed E-state index contributed by atoms with van der Waals surface area (Å²) in [5.41, 5.74) is 8.42. The minimum Gasteiger partial charge on any atom is -0.326 e. The molecule has 0 saturated heterocycles. The third-order valence-electron chi connectivity index (χ3n) is 2.79. The number of aromatic nitrogens is 2. The molecule has 1 heterocycles. The molecule has 4 N–H and O–H groups in total. The molecule has 0 bridgehead atoms. The lowest BCUT2D eigenvalue weighted by Crippen LogP contribution is -2.16. The molecule has 0 spiro atoms. The van der Waals surface area contributed by atoms with Crippen LogP contribution >= 0.6 is 0 Å². The standard InChI is InChI=1S/C12H16N4O2S/c1-8-3-4-11(9(2)5-8)16-19(17,18)12-10(6-13)7-14-15-12/h3-5,7,16H,6,13H2,1-2H3,(H,14,15). The van der Waals surface area contributed by atoms with Gasteiger partial charge in [-0.3, -0.25) is 9.82 Å². The lowest BCUT2D eigenvalue weighted by Gasteiger charge is -2.10. The van der Waals surface area contributed by atoms with Crippen molar-refractivity contribution >= 4 is 15.7 Å². The number of nitrogens with zero attached hydrogens (tertiary/aromatic N) is 1. The lowest BCUT2D eigenvalue weighted by molar-refractivity contribution is 0.595. The Morgan fingerprint density at radius 3 is 2.74 bits per heavy atom. The van der Waals surface area contributed by atoms with Crippen LogP contribution in [0.3, 0.4) is 0 Å². The summed E-state index contributed by atoms with van der Waals surface area (Å²) in [5.74, 6) is 0. The van der Waals surface area contributed by atoms with Crippen LogP contribution in [0.5, 0.6) is 0 Å². The van der Waals surface area contributed by atoms with Crippen molar-refractivity contribution in [3.8, 4) is 0 Å².